The van der Waals surface area contributed by atoms with Crippen LogP contribution in [0, 0.1) is 5.82 Å². The normalized spacial score (nSPS) is 22.4. The third kappa shape index (κ3) is 6.20. The number of methoxy groups -OCH3 is 1. The molecule has 240 valence electrons. The molecule has 0 amide bonds. The van der Waals surface area contributed by atoms with E-state index < -0.39 is 30.5 Å². The Balaban J connectivity index is 0.000000328. The number of benzene rings is 1. The number of aromatic nitrogens is 3. The molecule has 1 N–H and O–H groups in total. The Morgan fingerprint density at radius 3 is 2.50 bits per heavy atom. The van der Waals surface area contributed by atoms with Crippen LogP contribution < -0.4 is 14.4 Å². The monoisotopic (exact) mass is 639 g/mol. The molecule has 1 aromatic carbocycles. The van der Waals surface area contributed by atoms with Crippen LogP contribution >= 0.6 is 11.6 Å². The lowest BCUT2D eigenvalue weighted by atomic mass is 9.98. The SMILES string of the molecule is CCC1CC(F)CN1CC.COc1nc2c3c(nc(-c4cc(O)cc(Cl)c4C4CC4)c(F)c3n1)OC[C@H](C)N2C(C)C(F)F. The summed E-state index contributed by atoms with van der Waals surface area (Å²) in [5.41, 5.74) is 0.745. The van der Waals surface area contributed by atoms with Crippen molar-refractivity contribution in [3.05, 3.63) is 28.5 Å². The van der Waals surface area contributed by atoms with Gasteiger partial charge in [-0.3, -0.25) is 4.90 Å². The number of phenols is 1. The number of ether oxygens (including phenoxy) is 2. The van der Waals surface area contributed by atoms with E-state index in [-0.39, 0.29) is 52.6 Å². The van der Waals surface area contributed by atoms with Crippen molar-refractivity contribution in [3.63, 3.8) is 0 Å². The van der Waals surface area contributed by atoms with Gasteiger partial charge in [0.25, 0.3) is 6.43 Å². The third-order valence-corrected chi connectivity index (χ3v) is 8.90. The number of likely N-dealkylation sites (tertiary alicyclic amines) is 1. The first-order valence-electron chi connectivity index (χ1n) is 15.0. The summed E-state index contributed by atoms with van der Waals surface area (Å²) in [5.74, 6) is -0.751. The highest BCUT2D eigenvalue weighted by Crippen LogP contribution is 2.50. The largest absolute Gasteiger partial charge is 0.508 e. The fraction of sp³-hybridized carbons (Fsp3) is 0.581. The lowest BCUT2D eigenvalue weighted by Crippen LogP contribution is -2.46. The summed E-state index contributed by atoms with van der Waals surface area (Å²) in [6.45, 7) is 8.98. The Kier molecular flexibility index (Phi) is 9.60. The molecular formula is C31H38ClF4N5O3. The quantitative estimate of drug-likeness (QED) is 0.273. The molecule has 2 aliphatic heterocycles. The smallest absolute Gasteiger partial charge is 0.318 e. The second kappa shape index (κ2) is 13.1. The molecule has 3 aromatic rings. The fourth-order valence-corrected chi connectivity index (χ4v) is 6.56. The molecule has 13 heteroatoms. The number of nitrogens with zero attached hydrogens (tertiary/aromatic N) is 5. The number of aromatic hydroxyl groups is 1. The zero-order chi connectivity index (χ0) is 31.9. The highest BCUT2D eigenvalue weighted by Gasteiger charge is 2.37. The third-order valence-electron chi connectivity index (χ3n) is 8.59. The summed E-state index contributed by atoms with van der Waals surface area (Å²) in [6.07, 6.45) is 0.360. The molecule has 0 radical (unpaired) electrons. The molecule has 44 heavy (non-hydrogen) atoms. The first-order chi connectivity index (χ1) is 21.0. The van der Waals surface area contributed by atoms with Gasteiger partial charge < -0.3 is 19.5 Å². The number of halogens is 5. The first kappa shape index (κ1) is 32.3. The number of rotatable bonds is 7. The van der Waals surface area contributed by atoms with Gasteiger partial charge >= 0.3 is 6.01 Å². The Morgan fingerprint density at radius 2 is 1.91 bits per heavy atom. The summed E-state index contributed by atoms with van der Waals surface area (Å²) in [6, 6.07) is 1.40. The van der Waals surface area contributed by atoms with Crippen molar-refractivity contribution in [2.24, 2.45) is 0 Å². The van der Waals surface area contributed by atoms with Gasteiger partial charge in [-0.2, -0.15) is 9.97 Å². The molecule has 0 bridgehead atoms. The molecule has 3 unspecified atom stereocenters. The van der Waals surface area contributed by atoms with Crippen LogP contribution in [0.2, 0.25) is 5.02 Å². The Labute approximate surface area is 259 Å². The number of anilines is 1. The first-order valence-corrected chi connectivity index (χ1v) is 15.4. The number of phenolic OH excluding ortho intramolecular Hbond substituents is 1. The van der Waals surface area contributed by atoms with Crippen molar-refractivity contribution in [3.8, 4) is 28.9 Å². The van der Waals surface area contributed by atoms with Gasteiger partial charge in [0.1, 0.15) is 40.9 Å². The van der Waals surface area contributed by atoms with Gasteiger partial charge in [0, 0.05) is 23.2 Å². The molecular weight excluding hydrogens is 602 g/mol. The second-order valence-electron chi connectivity index (χ2n) is 11.6. The molecule has 6 rings (SSSR count). The minimum absolute atomic E-state index is 0.0131. The topological polar surface area (TPSA) is 83.8 Å². The molecule has 4 heterocycles. The van der Waals surface area contributed by atoms with Crippen LogP contribution in [0.1, 0.15) is 64.9 Å². The Hall–Kier alpha value is -3.12. The van der Waals surface area contributed by atoms with Gasteiger partial charge in [0.15, 0.2) is 5.82 Å². The minimum Gasteiger partial charge on any atom is -0.508 e. The van der Waals surface area contributed by atoms with Crippen LogP contribution in [0.4, 0.5) is 23.4 Å². The molecule has 4 atom stereocenters. The second-order valence-corrected chi connectivity index (χ2v) is 12.0. The average molecular weight is 640 g/mol. The number of pyridine rings is 1. The molecule has 2 fully saturated rings. The van der Waals surface area contributed by atoms with E-state index in [1.54, 1.807) is 6.92 Å². The fourth-order valence-electron chi connectivity index (χ4n) is 6.19. The van der Waals surface area contributed by atoms with Crippen molar-refractivity contribution in [1.29, 1.82) is 0 Å². The van der Waals surface area contributed by atoms with Crippen molar-refractivity contribution in [2.75, 3.05) is 31.7 Å². The molecule has 1 saturated heterocycles. The van der Waals surface area contributed by atoms with E-state index in [9.17, 15) is 18.3 Å². The lowest BCUT2D eigenvalue weighted by Gasteiger charge is -2.33. The highest BCUT2D eigenvalue weighted by atomic mass is 35.5. The number of hydrogen-bond donors (Lipinski definition) is 1. The van der Waals surface area contributed by atoms with E-state index in [0.717, 1.165) is 32.2 Å². The zero-order valence-electron chi connectivity index (χ0n) is 25.5. The summed E-state index contributed by atoms with van der Waals surface area (Å²) >= 11 is 6.41. The van der Waals surface area contributed by atoms with Crippen LogP contribution in [0.25, 0.3) is 22.2 Å². The lowest BCUT2D eigenvalue weighted by molar-refractivity contribution is 0.112. The maximum Gasteiger partial charge on any atom is 0.318 e. The standard InChI is InChI=1S/C23H22ClF3N4O3.C8H16FN/c1-9-8-34-22-16-19(29-23(33-3)30-21(16)31(9)10(2)20(26)27)17(25)18(28-22)13-6-12(32)7-14(24)15(13)11-4-5-11;1-3-8-5-7(9)6-10(8)4-2/h6-7,9-11,20,32H,4-5,8H2,1-3H3;7-8H,3-6H2,1-2H3/t9-,10?;/m0./s1. The van der Waals surface area contributed by atoms with Gasteiger partial charge in [-0.25, -0.2) is 22.5 Å². The predicted octanol–water partition coefficient (Wildman–Crippen LogP) is 7.15. The van der Waals surface area contributed by atoms with E-state index in [1.165, 1.54) is 31.1 Å². The molecule has 1 aliphatic carbocycles. The van der Waals surface area contributed by atoms with Gasteiger partial charge in [-0.05, 0) is 69.7 Å². The summed E-state index contributed by atoms with van der Waals surface area (Å²) in [7, 11) is 1.31. The van der Waals surface area contributed by atoms with Crippen LogP contribution in [-0.4, -0.2) is 82.5 Å². The van der Waals surface area contributed by atoms with Gasteiger partial charge in [0.2, 0.25) is 5.88 Å². The maximum absolute atomic E-state index is 16.1. The summed E-state index contributed by atoms with van der Waals surface area (Å²) in [4.78, 5) is 16.5. The van der Waals surface area contributed by atoms with E-state index in [4.69, 9.17) is 21.1 Å². The van der Waals surface area contributed by atoms with Gasteiger partial charge in [-0.1, -0.05) is 25.4 Å². The summed E-state index contributed by atoms with van der Waals surface area (Å²) < 4.78 is 67.4. The molecule has 3 aliphatic rings. The zero-order valence-corrected chi connectivity index (χ0v) is 26.2. The van der Waals surface area contributed by atoms with Crippen molar-refractivity contribution in [1.82, 2.24) is 19.9 Å². The van der Waals surface area contributed by atoms with E-state index in [1.807, 2.05) is 0 Å². The number of hydrogen-bond acceptors (Lipinski definition) is 8. The Bertz CT molecular complexity index is 1500. The van der Waals surface area contributed by atoms with Crippen LogP contribution in [0.3, 0.4) is 0 Å². The van der Waals surface area contributed by atoms with Gasteiger partial charge in [-0.15, -0.1) is 0 Å². The molecule has 2 aromatic heterocycles. The van der Waals surface area contributed by atoms with Crippen LogP contribution in [0.15, 0.2) is 12.1 Å². The molecule has 1 saturated carbocycles. The minimum atomic E-state index is -2.69. The molecule has 8 nitrogen and oxygen atoms in total. The Morgan fingerprint density at radius 1 is 1.18 bits per heavy atom. The van der Waals surface area contributed by atoms with Crippen molar-refractivity contribution in [2.45, 2.75) is 90.0 Å². The van der Waals surface area contributed by atoms with E-state index in [2.05, 4.69) is 33.7 Å². The highest BCUT2D eigenvalue weighted by molar-refractivity contribution is 6.32. The van der Waals surface area contributed by atoms with Gasteiger partial charge in [0.05, 0.1) is 19.2 Å². The predicted molar refractivity (Wildman–Crippen MR) is 162 cm³/mol. The molecule has 0 spiro atoms. The van der Waals surface area contributed by atoms with Crippen LogP contribution in [-0.2, 0) is 0 Å². The van der Waals surface area contributed by atoms with Crippen molar-refractivity contribution >= 4 is 28.3 Å². The average Bonchev–Trinajstić information content (AvgIpc) is 3.78. The van der Waals surface area contributed by atoms with E-state index >= 15 is 4.39 Å². The number of alkyl halides is 3. The maximum atomic E-state index is 16.1. The summed E-state index contributed by atoms with van der Waals surface area (Å²) in [5, 5.41) is 10.6. The van der Waals surface area contributed by atoms with E-state index in [0.29, 0.717) is 28.7 Å². The van der Waals surface area contributed by atoms with Crippen LogP contribution in [0.5, 0.6) is 17.6 Å². The van der Waals surface area contributed by atoms with Crippen molar-refractivity contribution < 1.29 is 32.1 Å².